The van der Waals surface area contributed by atoms with E-state index in [0.717, 1.165) is 12.0 Å². The Morgan fingerprint density at radius 3 is 2.67 bits per heavy atom. The van der Waals surface area contributed by atoms with E-state index in [2.05, 4.69) is 32.8 Å². The second-order valence-electron chi connectivity index (χ2n) is 6.96. The molecule has 2 atom stereocenters. The Morgan fingerprint density at radius 1 is 1.17 bits per heavy atom. The molecule has 0 N–H and O–H groups in total. The Labute approximate surface area is 120 Å². The summed E-state index contributed by atoms with van der Waals surface area (Å²) >= 11 is 3.75. The van der Waals surface area contributed by atoms with Gasteiger partial charge in [0.25, 0.3) is 0 Å². The first kappa shape index (κ1) is 13.4. The third kappa shape index (κ3) is 2.51. The standard InChI is InChI=1S/C15H27BrN2/c1-17-8-2-4-13-10-18(9-5-14(13)17)12-15(11-16)6-3-7-15/h13-14H,2-12H2,1H3. The van der Waals surface area contributed by atoms with Crippen molar-refractivity contribution >= 4 is 15.9 Å². The molecule has 1 saturated carbocycles. The SMILES string of the molecule is CN1CCCC2CN(CC3(CBr)CCC3)CCC21. The monoisotopic (exact) mass is 314 g/mol. The van der Waals surface area contributed by atoms with E-state index in [-0.39, 0.29) is 0 Å². The molecule has 0 spiro atoms. The van der Waals surface area contributed by atoms with Gasteiger partial charge in [-0.3, -0.25) is 0 Å². The predicted molar refractivity (Wildman–Crippen MR) is 80.3 cm³/mol. The van der Waals surface area contributed by atoms with E-state index < -0.39 is 0 Å². The summed E-state index contributed by atoms with van der Waals surface area (Å²) in [7, 11) is 2.33. The topological polar surface area (TPSA) is 6.48 Å². The van der Waals surface area contributed by atoms with Crippen LogP contribution in [0.4, 0.5) is 0 Å². The lowest BCUT2D eigenvalue weighted by molar-refractivity contribution is 0.00696. The fraction of sp³-hybridized carbons (Fsp3) is 1.00. The Bertz CT molecular complexity index is 285. The molecule has 3 fully saturated rings. The second-order valence-corrected chi connectivity index (χ2v) is 7.52. The average molecular weight is 315 g/mol. The molecule has 3 heteroatoms. The number of hydrogen-bond donors (Lipinski definition) is 0. The van der Waals surface area contributed by atoms with Crippen LogP contribution in [0.1, 0.15) is 38.5 Å². The maximum absolute atomic E-state index is 3.75. The van der Waals surface area contributed by atoms with Crippen LogP contribution in [-0.2, 0) is 0 Å². The van der Waals surface area contributed by atoms with Gasteiger partial charge in [0.2, 0.25) is 0 Å². The van der Waals surface area contributed by atoms with Gasteiger partial charge >= 0.3 is 0 Å². The largest absolute Gasteiger partial charge is 0.303 e. The molecule has 104 valence electrons. The summed E-state index contributed by atoms with van der Waals surface area (Å²) in [5, 5.41) is 1.21. The first-order valence-corrected chi connectivity index (χ1v) is 8.83. The summed E-state index contributed by atoms with van der Waals surface area (Å²) in [6.45, 7) is 5.38. The summed E-state index contributed by atoms with van der Waals surface area (Å²) in [5.41, 5.74) is 0.632. The minimum absolute atomic E-state index is 0.632. The normalized spacial score (nSPS) is 37.0. The number of rotatable bonds is 3. The molecule has 2 heterocycles. The summed E-state index contributed by atoms with van der Waals surface area (Å²) in [5.74, 6) is 0.949. The van der Waals surface area contributed by atoms with Gasteiger partial charge in [-0.05, 0) is 63.6 Å². The quantitative estimate of drug-likeness (QED) is 0.739. The highest BCUT2D eigenvalue weighted by molar-refractivity contribution is 9.09. The molecule has 3 aliphatic rings. The van der Waals surface area contributed by atoms with E-state index in [9.17, 15) is 0 Å². The average Bonchev–Trinajstić information content (AvgIpc) is 2.34. The van der Waals surface area contributed by atoms with E-state index in [1.165, 1.54) is 70.0 Å². The second kappa shape index (κ2) is 5.41. The zero-order valence-corrected chi connectivity index (χ0v) is 13.3. The van der Waals surface area contributed by atoms with Gasteiger partial charge in [0.1, 0.15) is 0 Å². The van der Waals surface area contributed by atoms with E-state index in [1.807, 2.05) is 0 Å². The first-order valence-electron chi connectivity index (χ1n) is 7.71. The van der Waals surface area contributed by atoms with Gasteiger partial charge in [-0.2, -0.15) is 0 Å². The number of fused-ring (bicyclic) bond motifs is 1. The fourth-order valence-corrected chi connectivity index (χ4v) is 5.09. The molecule has 18 heavy (non-hydrogen) atoms. The van der Waals surface area contributed by atoms with Crippen molar-refractivity contribution in [2.75, 3.05) is 38.6 Å². The predicted octanol–water partition coefficient (Wildman–Crippen LogP) is 2.97. The summed E-state index contributed by atoms with van der Waals surface area (Å²) < 4.78 is 0. The van der Waals surface area contributed by atoms with Gasteiger partial charge in [0, 0.05) is 24.5 Å². The van der Waals surface area contributed by atoms with Gasteiger partial charge in [-0.1, -0.05) is 22.4 Å². The van der Waals surface area contributed by atoms with E-state index in [1.54, 1.807) is 0 Å². The fourth-order valence-electron chi connectivity index (χ4n) is 4.36. The Kier molecular flexibility index (Phi) is 4.03. The van der Waals surface area contributed by atoms with Crippen LogP contribution in [0.5, 0.6) is 0 Å². The van der Waals surface area contributed by atoms with Crippen LogP contribution >= 0.6 is 15.9 Å². The van der Waals surface area contributed by atoms with Crippen LogP contribution in [-0.4, -0.2) is 54.4 Å². The number of alkyl halides is 1. The van der Waals surface area contributed by atoms with Crippen molar-refractivity contribution in [2.24, 2.45) is 11.3 Å². The summed E-state index contributed by atoms with van der Waals surface area (Å²) in [6, 6.07) is 0.885. The van der Waals surface area contributed by atoms with Crippen LogP contribution in [0.3, 0.4) is 0 Å². The molecule has 0 aromatic rings. The molecule has 2 unspecified atom stereocenters. The Morgan fingerprint density at radius 2 is 2.00 bits per heavy atom. The molecule has 3 rings (SSSR count). The highest BCUT2D eigenvalue weighted by atomic mass is 79.9. The van der Waals surface area contributed by atoms with Crippen LogP contribution in [0.25, 0.3) is 0 Å². The number of hydrogen-bond acceptors (Lipinski definition) is 2. The molecular formula is C15H27BrN2. The molecular weight excluding hydrogens is 288 g/mol. The molecule has 0 bridgehead atoms. The van der Waals surface area contributed by atoms with Crippen molar-refractivity contribution in [3.8, 4) is 0 Å². The van der Waals surface area contributed by atoms with Gasteiger partial charge < -0.3 is 9.80 Å². The summed E-state index contributed by atoms with van der Waals surface area (Å²) in [4.78, 5) is 5.40. The van der Waals surface area contributed by atoms with Crippen molar-refractivity contribution in [2.45, 2.75) is 44.6 Å². The highest BCUT2D eigenvalue weighted by Gasteiger charge is 2.40. The lowest BCUT2D eigenvalue weighted by atomic mass is 9.69. The molecule has 2 nitrogen and oxygen atoms in total. The van der Waals surface area contributed by atoms with Crippen molar-refractivity contribution in [1.29, 1.82) is 0 Å². The zero-order chi connectivity index (χ0) is 12.6. The maximum Gasteiger partial charge on any atom is 0.0145 e. The van der Waals surface area contributed by atoms with Gasteiger partial charge in [0.15, 0.2) is 0 Å². The molecule has 2 aliphatic heterocycles. The lowest BCUT2D eigenvalue weighted by Gasteiger charge is -2.50. The third-order valence-corrected chi connectivity index (χ3v) is 6.88. The minimum Gasteiger partial charge on any atom is -0.303 e. The molecule has 0 aromatic carbocycles. The Hall–Kier alpha value is 0.400. The minimum atomic E-state index is 0.632. The Balaban J connectivity index is 1.57. The lowest BCUT2D eigenvalue weighted by Crippen LogP contribution is -2.55. The van der Waals surface area contributed by atoms with Crippen LogP contribution < -0.4 is 0 Å². The smallest absolute Gasteiger partial charge is 0.0145 e. The molecule has 0 radical (unpaired) electrons. The van der Waals surface area contributed by atoms with Crippen molar-refractivity contribution < 1.29 is 0 Å². The van der Waals surface area contributed by atoms with E-state index >= 15 is 0 Å². The molecule has 0 amide bonds. The highest BCUT2D eigenvalue weighted by Crippen LogP contribution is 2.44. The maximum atomic E-state index is 3.75. The van der Waals surface area contributed by atoms with Gasteiger partial charge in [-0.15, -0.1) is 0 Å². The van der Waals surface area contributed by atoms with Crippen molar-refractivity contribution in [3.05, 3.63) is 0 Å². The van der Waals surface area contributed by atoms with E-state index in [4.69, 9.17) is 0 Å². The number of halogens is 1. The van der Waals surface area contributed by atoms with Gasteiger partial charge in [-0.25, -0.2) is 0 Å². The number of likely N-dealkylation sites (tertiary alicyclic amines) is 2. The van der Waals surface area contributed by atoms with Crippen LogP contribution in [0.15, 0.2) is 0 Å². The van der Waals surface area contributed by atoms with Crippen LogP contribution in [0.2, 0.25) is 0 Å². The van der Waals surface area contributed by atoms with Gasteiger partial charge in [0.05, 0.1) is 0 Å². The van der Waals surface area contributed by atoms with Crippen LogP contribution in [0, 0.1) is 11.3 Å². The third-order valence-electron chi connectivity index (χ3n) is 5.69. The summed E-state index contributed by atoms with van der Waals surface area (Å²) in [6.07, 6.45) is 8.63. The number of piperidine rings is 2. The molecule has 1 aliphatic carbocycles. The zero-order valence-electron chi connectivity index (χ0n) is 11.7. The van der Waals surface area contributed by atoms with E-state index in [0.29, 0.717) is 5.41 Å². The molecule has 0 aromatic heterocycles. The van der Waals surface area contributed by atoms with Crippen molar-refractivity contribution in [1.82, 2.24) is 9.80 Å². The molecule has 2 saturated heterocycles. The van der Waals surface area contributed by atoms with Crippen molar-refractivity contribution in [3.63, 3.8) is 0 Å². The first-order chi connectivity index (χ1) is 8.72. The number of nitrogens with zero attached hydrogens (tertiary/aromatic N) is 2.